The molecular weight excluding hydrogens is 335 g/mol. The standard InChI is InChI=1S/C19H19FN4O2/c1-13-9-14(12-21-11-13)18(25)23-5-2-6-24(8-7-23)19-22-16-4-3-15(20)10-17(16)26-19/h3-4,9-12H,2,5-8H2,1H3. The fourth-order valence-electron chi connectivity index (χ4n) is 3.19. The van der Waals surface area contributed by atoms with E-state index in [-0.39, 0.29) is 11.7 Å². The van der Waals surface area contributed by atoms with Crippen LogP contribution in [0.1, 0.15) is 22.3 Å². The highest BCUT2D eigenvalue weighted by atomic mass is 19.1. The molecule has 4 rings (SSSR count). The van der Waals surface area contributed by atoms with Crippen molar-refractivity contribution in [2.45, 2.75) is 13.3 Å². The SMILES string of the molecule is Cc1cncc(C(=O)N2CCCN(c3nc4ccc(F)cc4o3)CC2)c1. The average molecular weight is 354 g/mol. The average Bonchev–Trinajstić information content (AvgIpc) is 2.89. The molecule has 7 heteroatoms. The van der Waals surface area contributed by atoms with Gasteiger partial charge in [0.25, 0.3) is 11.9 Å². The first kappa shape index (κ1) is 16.5. The number of anilines is 1. The van der Waals surface area contributed by atoms with E-state index in [0.717, 1.165) is 18.5 Å². The van der Waals surface area contributed by atoms with Gasteiger partial charge in [0.15, 0.2) is 5.58 Å². The summed E-state index contributed by atoms with van der Waals surface area (Å²) in [5.41, 5.74) is 2.63. The molecule has 0 saturated carbocycles. The molecule has 0 aliphatic carbocycles. The van der Waals surface area contributed by atoms with Gasteiger partial charge in [0.1, 0.15) is 11.3 Å². The third kappa shape index (κ3) is 3.24. The summed E-state index contributed by atoms with van der Waals surface area (Å²) in [7, 11) is 0. The number of amides is 1. The first-order valence-electron chi connectivity index (χ1n) is 8.62. The van der Waals surface area contributed by atoms with Crippen LogP contribution in [0.5, 0.6) is 0 Å². The number of benzene rings is 1. The summed E-state index contributed by atoms with van der Waals surface area (Å²) < 4.78 is 19.0. The third-order valence-electron chi connectivity index (χ3n) is 4.51. The Kier molecular flexibility index (Phi) is 4.28. The lowest BCUT2D eigenvalue weighted by atomic mass is 10.2. The van der Waals surface area contributed by atoms with Crippen LogP contribution >= 0.6 is 0 Å². The summed E-state index contributed by atoms with van der Waals surface area (Å²) in [6.07, 6.45) is 4.14. The Labute approximate surface area is 150 Å². The number of nitrogens with zero attached hydrogens (tertiary/aromatic N) is 4. The second kappa shape index (κ2) is 6.74. The maximum atomic E-state index is 13.3. The Bertz CT molecular complexity index is 956. The maximum Gasteiger partial charge on any atom is 0.298 e. The smallest absolute Gasteiger partial charge is 0.298 e. The molecule has 3 heterocycles. The minimum atomic E-state index is -0.348. The quantitative estimate of drug-likeness (QED) is 0.708. The highest BCUT2D eigenvalue weighted by Crippen LogP contribution is 2.23. The molecule has 1 aromatic carbocycles. The zero-order valence-electron chi connectivity index (χ0n) is 14.5. The summed E-state index contributed by atoms with van der Waals surface area (Å²) in [5.74, 6) is -0.359. The van der Waals surface area contributed by atoms with Crippen LogP contribution in [0.25, 0.3) is 11.1 Å². The van der Waals surface area contributed by atoms with Crippen molar-refractivity contribution in [2.75, 3.05) is 31.1 Å². The van der Waals surface area contributed by atoms with Crippen LogP contribution in [-0.4, -0.2) is 47.0 Å². The van der Waals surface area contributed by atoms with E-state index in [0.29, 0.717) is 42.3 Å². The van der Waals surface area contributed by atoms with Crippen LogP contribution in [-0.2, 0) is 0 Å². The molecule has 1 amide bonds. The van der Waals surface area contributed by atoms with Gasteiger partial charge in [-0.2, -0.15) is 4.98 Å². The lowest BCUT2D eigenvalue weighted by Gasteiger charge is -2.21. The van der Waals surface area contributed by atoms with Crippen LogP contribution in [0, 0.1) is 12.7 Å². The Balaban J connectivity index is 1.49. The van der Waals surface area contributed by atoms with E-state index in [2.05, 4.69) is 9.97 Å². The number of rotatable bonds is 2. The Hall–Kier alpha value is -2.96. The van der Waals surface area contributed by atoms with E-state index in [1.807, 2.05) is 22.8 Å². The monoisotopic (exact) mass is 354 g/mol. The van der Waals surface area contributed by atoms with Crippen molar-refractivity contribution in [3.63, 3.8) is 0 Å². The van der Waals surface area contributed by atoms with E-state index in [9.17, 15) is 9.18 Å². The number of fused-ring (bicyclic) bond motifs is 1. The minimum absolute atomic E-state index is 0.0114. The number of hydrogen-bond donors (Lipinski definition) is 0. The highest BCUT2D eigenvalue weighted by Gasteiger charge is 2.23. The van der Waals surface area contributed by atoms with Crippen molar-refractivity contribution < 1.29 is 13.6 Å². The van der Waals surface area contributed by atoms with E-state index in [1.165, 1.54) is 12.1 Å². The second-order valence-corrected chi connectivity index (χ2v) is 6.49. The molecule has 6 nitrogen and oxygen atoms in total. The van der Waals surface area contributed by atoms with E-state index < -0.39 is 0 Å². The molecule has 0 bridgehead atoms. The van der Waals surface area contributed by atoms with Gasteiger partial charge >= 0.3 is 0 Å². The zero-order chi connectivity index (χ0) is 18.1. The van der Waals surface area contributed by atoms with Crippen LogP contribution in [0.4, 0.5) is 10.4 Å². The predicted molar refractivity (Wildman–Crippen MR) is 95.7 cm³/mol. The third-order valence-corrected chi connectivity index (χ3v) is 4.51. The summed E-state index contributed by atoms with van der Waals surface area (Å²) in [6, 6.07) is 6.64. The van der Waals surface area contributed by atoms with Crippen molar-refractivity contribution in [1.29, 1.82) is 0 Å². The van der Waals surface area contributed by atoms with Crippen molar-refractivity contribution in [2.24, 2.45) is 0 Å². The molecule has 3 aromatic rings. The molecule has 0 atom stereocenters. The fourth-order valence-corrected chi connectivity index (χ4v) is 3.19. The van der Waals surface area contributed by atoms with Gasteiger partial charge < -0.3 is 14.2 Å². The topological polar surface area (TPSA) is 62.5 Å². The minimum Gasteiger partial charge on any atom is -0.423 e. The van der Waals surface area contributed by atoms with Crippen molar-refractivity contribution >= 4 is 23.0 Å². The summed E-state index contributed by atoms with van der Waals surface area (Å²) in [5, 5.41) is 0. The number of carbonyl (C=O) groups excluding carboxylic acids is 1. The van der Waals surface area contributed by atoms with Gasteiger partial charge in [0.2, 0.25) is 0 Å². The molecule has 2 aromatic heterocycles. The molecule has 0 spiro atoms. The van der Waals surface area contributed by atoms with E-state index in [1.54, 1.807) is 18.5 Å². The number of aromatic nitrogens is 2. The van der Waals surface area contributed by atoms with E-state index >= 15 is 0 Å². The van der Waals surface area contributed by atoms with E-state index in [4.69, 9.17) is 4.42 Å². The van der Waals surface area contributed by atoms with Gasteiger partial charge in [-0.15, -0.1) is 0 Å². The Morgan fingerprint density at radius 3 is 2.88 bits per heavy atom. The number of carbonyl (C=O) groups is 1. The van der Waals surface area contributed by atoms with Crippen LogP contribution in [0.3, 0.4) is 0 Å². The number of pyridine rings is 1. The predicted octanol–water partition coefficient (Wildman–Crippen LogP) is 3.02. The van der Waals surface area contributed by atoms with Gasteiger partial charge in [-0.3, -0.25) is 9.78 Å². The van der Waals surface area contributed by atoms with Crippen molar-refractivity contribution in [3.05, 3.63) is 53.6 Å². The summed E-state index contributed by atoms with van der Waals surface area (Å²) in [6.45, 7) is 4.49. The maximum absolute atomic E-state index is 13.3. The first-order chi connectivity index (χ1) is 12.6. The van der Waals surface area contributed by atoms with Crippen LogP contribution in [0.15, 0.2) is 41.1 Å². The Morgan fingerprint density at radius 2 is 2.04 bits per heavy atom. The number of oxazole rings is 1. The number of halogens is 1. The largest absolute Gasteiger partial charge is 0.423 e. The zero-order valence-corrected chi connectivity index (χ0v) is 14.5. The second-order valence-electron chi connectivity index (χ2n) is 6.49. The van der Waals surface area contributed by atoms with Crippen LogP contribution < -0.4 is 4.90 Å². The normalized spacial score (nSPS) is 15.3. The molecule has 26 heavy (non-hydrogen) atoms. The van der Waals surface area contributed by atoms with Gasteiger partial charge in [-0.1, -0.05) is 0 Å². The molecular formula is C19H19FN4O2. The molecule has 0 radical (unpaired) electrons. The molecule has 1 saturated heterocycles. The number of hydrogen-bond acceptors (Lipinski definition) is 5. The molecule has 134 valence electrons. The van der Waals surface area contributed by atoms with Crippen molar-refractivity contribution in [3.8, 4) is 0 Å². The van der Waals surface area contributed by atoms with Gasteiger partial charge in [-0.05, 0) is 37.1 Å². The Morgan fingerprint density at radius 1 is 1.15 bits per heavy atom. The van der Waals surface area contributed by atoms with Crippen molar-refractivity contribution in [1.82, 2.24) is 14.9 Å². The fraction of sp³-hybridized carbons (Fsp3) is 0.316. The number of aryl methyl sites for hydroxylation is 1. The molecule has 0 unspecified atom stereocenters. The van der Waals surface area contributed by atoms with Gasteiger partial charge in [0, 0.05) is 44.6 Å². The highest BCUT2D eigenvalue weighted by molar-refractivity contribution is 5.94. The van der Waals surface area contributed by atoms with Gasteiger partial charge in [-0.25, -0.2) is 4.39 Å². The molecule has 1 fully saturated rings. The molecule has 1 aliphatic heterocycles. The summed E-state index contributed by atoms with van der Waals surface area (Å²) in [4.78, 5) is 25.1. The van der Waals surface area contributed by atoms with Crippen LogP contribution in [0.2, 0.25) is 0 Å². The van der Waals surface area contributed by atoms with Gasteiger partial charge in [0.05, 0.1) is 5.56 Å². The first-order valence-corrected chi connectivity index (χ1v) is 8.62. The molecule has 0 N–H and O–H groups in total. The molecule has 1 aliphatic rings. The lowest BCUT2D eigenvalue weighted by Crippen LogP contribution is -2.35. The lowest BCUT2D eigenvalue weighted by molar-refractivity contribution is 0.0766. The summed E-state index contributed by atoms with van der Waals surface area (Å²) >= 11 is 0.